The highest BCUT2D eigenvalue weighted by molar-refractivity contribution is 7.92. The number of nitrogens with one attached hydrogen (secondary N) is 1. The molecule has 0 aliphatic heterocycles. The molecule has 1 N–H and O–H groups in total. The van der Waals surface area contributed by atoms with E-state index in [1.54, 1.807) is 48.7 Å². The van der Waals surface area contributed by atoms with E-state index < -0.39 is 10.0 Å². The first-order chi connectivity index (χ1) is 11.8. The second-order valence-corrected chi connectivity index (χ2v) is 7.67. The molecular weight excluding hydrogens is 362 g/mol. The zero-order valence-corrected chi connectivity index (χ0v) is 15.2. The quantitative estimate of drug-likeness (QED) is 0.691. The number of benzene rings is 2. The van der Waals surface area contributed by atoms with E-state index in [2.05, 4.69) is 9.71 Å². The molecule has 0 bridgehead atoms. The van der Waals surface area contributed by atoms with Crippen LogP contribution in [-0.2, 0) is 21.4 Å². The Labute approximate surface area is 150 Å². The number of fused-ring (bicyclic) bond motifs is 1. The summed E-state index contributed by atoms with van der Waals surface area (Å²) in [6.45, 7) is 3.61. The van der Waals surface area contributed by atoms with Gasteiger partial charge in [-0.2, -0.15) is 0 Å². The van der Waals surface area contributed by atoms with E-state index in [4.69, 9.17) is 11.6 Å². The fourth-order valence-electron chi connectivity index (χ4n) is 2.70. The molecule has 8 heteroatoms. The standard InChI is InChI=1S/C17H16ClN3O3S/c1-11-14(18)4-3-5-17(11)25(23,24)20-13-6-7-15-16(10-13)21(8-9-22)12(2)19-15/h3-7,9-10,20H,8H2,1-2H3. The summed E-state index contributed by atoms with van der Waals surface area (Å²) < 4.78 is 29.6. The molecule has 25 heavy (non-hydrogen) atoms. The van der Waals surface area contributed by atoms with Gasteiger partial charge in [0.2, 0.25) is 0 Å². The van der Waals surface area contributed by atoms with E-state index in [-0.39, 0.29) is 11.4 Å². The Balaban J connectivity index is 2.03. The summed E-state index contributed by atoms with van der Waals surface area (Å²) in [7, 11) is -3.79. The fourth-order valence-corrected chi connectivity index (χ4v) is 4.25. The Bertz CT molecular complexity index is 1070. The van der Waals surface area contributed by atoms with Crippen molar-refractivity contribution in [3.05, 3.63) is 52.8 Å². The first-order valence-corrected chi connectivity index (χ1v) is 9.38. The summed E-state index contributed by atoms with van der Waals surface area (Å²) in [6, 6.07) is 9.75. The van der Waals surface area contributed by atoms with Crippen LogP contribution in [0.1, 0.15) is 11.4 Å². The second kappa shape index (κ2) is 6.50. The molecule has 0 aliphatic rings. The summed E-state index contributed by atoms with van der Waals surface area (Å²) in [5.41, 5.74) is 2.26. The number of carbonyl (C=O) groups excluding carboxylic acids is 1. The van der Waals surface area contributed by atoms with Gasteiger partial charge < -0.3 is 9.36 Å². The highest BCUT2D eigenvalue weighted by Crippen LogP contribution is 2.26. The first kappa shape index (κ1) is 17.4. The lowest BCUT2D eigenvalue weighted by molar-refractivity contribution is -0.108. The maximum atomic E-state index is 12.7. The van der Waals surface area contributed by atoms with Crippen LogP contribution in [0.15, 0.2) is 41.3 Å². The summed E-state index contributed by atoms with van der Waals surface area (Å²) in [4.78, 5) is 15.3. The molecule has 130 valence electrons. The van der Waals surface area contributed by atoms with E-state index in [0.29, 0.717) is 33.1 Å². The van der Waals surface area contributed by atoms with Gasteiger partial charge in [-0.1, -0.05) is 17.7 Å². The van der Waals surface area contributed by atoms with Crippen LogP contribution in [-0.4, -0.2) is 24.3 Å². The fraction of sp³-hybridized carbons (Fsp3) is 0.176. The maximum Gasteiger partial charge on any atom is 0.262 e. The Kier molecular flexibility index (Phi) is 4.53. The molecule has 1 aromatic heterocycles. The van der Waals surface area contributed by atoms with Crippen LogP contribution in [0.3, 0.4) is 0 Å². The predicted octanol–water partition coefficient (Wildman–Crippen LogP) is 3.31. The van der Waals surface area contributed by atoms with E-state index >= 15 is 0 Å². The SMILES string of the molecule is Cc1c(Cl)cccc1S(=O)(=O)Nc1ccc2nc(C)n(CC=O)c2c1. The van der Waals surface area contributed by atoms with Gasteiger partial charge in [0.05, 0.1) is 28.2 Å². The minimum atomic E-state index is -3.79. The van der Waals surface area contributed by atoms with Gasteiger partial charge in [-0.05, 0) is 49.7 Å². The molecule has 2 aromatic carbocycles. The van der Waals surface area contributed by atoms with Gasteiger partial charge in [-0.15, -0.1) is 0 Å². The summed E-state index contributed by atoms with van der Waals surface area (Å²) in [5, 5.41) is 0.387. The lowest BCUT2D eigenvalue weighted by atomic mass is 10.2. The maximum absolute atomic E-state index is 12.7. The Morgan fingerprint density at radius 3 is 2.72 bits per heavy atom. The van der Waals surface area contributed by atoms with Gasteiger partial charge in [0.25, 0.3) is 10.0 Å². The Hall–Kier alpha value is -2.38. The van der Waals surface area contributed by atoms with Gasteiger partial charge in [0, 0.05) is 5.02 Å². The second-order valence-electron chi connectivity index (χ2n) is 5.61. The number of sulfonamides is 1. The average molecular weight is 378 g/mol. The minimum absolute atomic E-state index is 0.123. The van der Waals surface area contributed by atoms with Crippen molar-refractivity contribution in [2.45, 2.75) is 25.3 Å². The van der Waals surface area contributed by atoms with Gasteiger partial charge in [0.1, 0.15) is 12.1 Å². The molecule has 3 rings (SSSR count). The number of aryl methyl sites for hydroxylation is 1. The summed E-state index contributed by atoms with van der Waals surface area (Å²) in [5.74, 6) is 0.688. The van der Waals surface area contributed by atoms with Crippen LogP contribution in [0.25, 0.3) is 11.0 Å². The largest absolute Gasteiger partial charge is 0.321 e. The van der Waals surface area contributed by atoms with Crippen molar-refractivity contribution in [1.82, 2.24) is 9.55 Å². The van der Waals surface area contributed by atoms with E-state index in [9.17, 15) is 13.2 Å². The van der Waals surface area contributed by atoms with Crippen molar-refractivity contribution >= 4 is 44.6 Å². The van der Waals surface area contributed by atoms with E-state index in [1.807, 2.05) is 0 Å². The molecule has 0 amide bonds. The molecule has 1 heterocycles. The first-order valence-electron chi connectivity index (χ1n) is 7.52. The van der Waals surface area contributed by atoms with Gasteiger partial charge in [-0.3, -0.25) is 4.72 Å². The number of halogens is 1. The molecule has 0 atom stereocenters. The lowest BCUT2D eigenvalue weighted by Crippen LogP contribution is -2.14. The molecule has 0 saturated heterocycles. The van der Waals surface area contributed by atoms with Crippen LogP contribution in [0.4, 0.5) is 5.69 Å². The molecule has 0 fully saturated rings. The number of carbonyl (C=O) groups is 1. The van der Waals surface area contributed by atoms with Crippen LogP contribution in [0.2, 0.25) is 5.02 Å². The zero-order chi connectivity index (χ0) is 18.2. The molecule has 0 saturated carbocycles. The highest BCUT2D eigenvalue weighted by atomic mass is 35.5. The van der Waals surface area contributed by atoms with Crippen molar-refractivity contribution in [2.24, 2.45) is 0 Å². The van der Waals surface area contributed by atoms with Crippen molar-refractivity contribution in [2.75, 3.05) is 4.72 Å². The number of aromatic nitrogens is 2. The van der Waals surface area contributed by atoms with E-state index in [1.165, 1.54) is 6.07 Å². The normalized spacial score (nSPS) is 11.6. The third-order valence-corrected chi connectivity index (χ3v) is 5.89. The monoisotopic (exact) mass is 377 g/mol. The van der Waals surface area contributed by atoms with Crippen molar-refractivity contribution < 1.29 is 13.2 Å². The highest BCUT2D eigenvalue weighted by Gasteiger charge is 2.19. The van der Waals surface area contributed by atoms with Gasteiger partial charge in [-0.25, -0.2) is 13.4 Å². The van der Waals surface area contributed by atoms with Crippen LogP contribution in [0.5, 0.6) is 0 Å². The molecule has 3 aromatic rings. The molecule has 0 radical (unpaired) electrons. The van der Waals surface area contributed by atoms with Crippen molar-refractivity contribution in [3.63, 3.8) is 0 Å². The molecule has 0 unspecified atom stereocenters. The van der Waals surface area contributed by atoms with Crippen molar-refractivity contribution in [1.29, 1.82) is 0 Å². The van der Waals surface area contributed by atoms with Crippen molar-refractivity contribution in [3.8, 4) is 0 Å². The van der Waals surface area contributed by atoms with Gasteiger partial charge >= 0.3 is 0 Å². The Morgan fingerprint density at radius 1 is 1.24 bits per heavy atom. The summed E-state index contributed by atoms with van der Waals surface area (Å²) in [6.07, 6.45) is 0.778. The molecular formula is C17H16ClN3O3S. The Morgan fingerprint density at radius 2 is 2.00 bits per heavy atom. The number of aldehydes is 1. The number of anilines is 1. The minimum Gasteiger partial charge on any atom is -0.321 e. The van der Waals surface area contributed by atoms with Crippen LogP contribution < -0.4 is 4.72 Å². The average Bonchev–Trinajstić information content (AvgIpc) is 2.85. The summed E-state index contributed by atoms with van der Waals surface area (Å²) >= 11 is 6.02. The number of hydrogen-bond acceptors (Lipinski definition) is 4. The van der Waals surface area contributed by atoms with E-state index in [0.717, 1.165) is 6.29 Å². The smallest absolute Gasteiger partial charge is 0.262 e. The number of nitrogens with zero attached hydrogens (tertiary/aromatic N) is 2. The predicted molar refractivity (Wildman–Crippen MR) is 97.5 cm³/mol. The van der Waals surface area contributed by atoms with Gasteiger partial charge in [0.15, 0.2) is 0 Å². The number of rotatable bonds is 5. The molecule has 0 spiro atoms. The zero-order valence-electron chi connectivity index (χ0n) is 13.7. The lowest BCUT2D eigenvalue weighted by Gasteiger charge is -2.11. The topological polar surface area (TPSA) is 81.1 Å². The number of hydrogen-bond donors (Lipinski definition) is 1. The van der Waals surface area contributed by atoms with Crippen LogP contribution >= 0.6 is 11.6 Å². The molecule has 6 nitrogen and oxygen atoms in total. The third-order valence-electron chi connectivity index (χ3n) is 3.96. The number of imidazole rings is 1. The molecule has 0 aliphatic carbocycles. The van der Waals surface area contributed by atoms with Crippen LogP contribution in [0, 0.1) is 13.8 Å². The third kappa shape index (κ3) is 3.25.